The number of likely N-dealkylation sites (tertiary alicyclic amines) is 1. The highest BCUT2D eigenvalue weighted by Gasteiger charge is 2.43. The van der Waals surface area contributed by atoms with E-state index in [9.17, 15) is 9.18 Å². The van der Waals surface area contributed by atoms with Gasteiger partial charge in [-0.15, -0.1) is 5.10 Å². The molecule has 3 rings (SSSR count). The molecule has 1 atom stereocenters. The van der Waals surface area contributed by atoms with Crippen molar-refractivity contribution in [3.05, 3.63) is 36.0 Å². The molecule has 0 aliphatic carbocycles. The molecule has 9 heteroatoms. The molecule has 1 aromatic carbocycles. The fourth-order valence-corrected chi connectivity index (χ4v) is 2.68. The van der Waals surface area contributed by atoms with Gasteiger partial charge in [0.1, 0.15) is 0 Å². The number of hydrogen-bond donors (Lipinski definition) is 1. The Balaban J connectivity index is 1.74. The lowest BCUT2D eigenvalue weighted by molar-refractivity contribution is -0.130. The molecule has 1 saturated heterocycles. The lowest BCUT2D eigenvalue weighted by Gasteiger charge is -2.32. The van der Waals surface area contributed by atoms with Crippen molar-refractivity contribution >= 4 is 11.7 Å². The largest absolute Gasteiger partial charge is 0.307 e. The molecule has 1 amide bonds. The van der Waals surface area contributed by atoms with Crippen LogP contribution in [0.5, 0.6) is 0 Å². The summed E-state index contributed by atoms with van der Waals surface area (Å²) in [5.41, 5.74) is -1.09. The highest BCUT2D eigenvalue weighted by Crippen LogP contribution is 2.26. The van der Waals surface area contributed by atoms with E-state index in [0.29, 0.717) is 24.2 Å². The molecule has 1 fully saturated rings. The molecule has 0 radical (unpaired) electrons. The lowest BCUT2D eigenvalue weighted by Crippen LogP contribution is -2.51. The van der Waals surface area contributed by atoms with Gasteiger partial charge in [0.15, 0.2) is 12.0 Å². The van der Waals surface area contributed by atoms with Crippen molar-refractivity contribution in [1.29, 1.82) is 10.5 Å². The summed E-state index contributed by atoms with van der Waals surface area (Å²) in [6, 6.07) is 8.71. The Morgan fingerprint density at radius 2 is 2.24 bits per heavy atom. The molecule has 8 nitrogen and oxygen atoms in total. The molecule has 0 spiro atoms. The molecule has 0 saturated carbocycles. The van der Waals surface area contributed by atoms with E-state index in [0.717, 1.165) is 0 Å². The Kier molecular flexibility index (Phi) is 4.31. The van der Waals surface area contributed by atoms with Gasteiger partial charge in [-0.25, -0.2) is 9.07 Å². The van der Waals surface area contributed by atoms with E-state index in [4.69, 9.17) is 10.5 Å². The van der Waals surface area contributed by atoms with Crippen LogP contribution in [-0.4, -0.2) is 44.6 Å². The minimum absolute atomic E-state index is 0.0510. The molecule has 2 heterocycles. The van der Waals surface area contributed by atoms with Gasteiger partial charge in [-0.1, -0.05) is 11.3 Å². The number of aromatic nitrogens is 3. The first-order valence-electron chi connectivity index (χ1n) is 7.62. The van der Waals surface area contributed by atoms with E-state index in [-0.39, 0.29) is 18.8 Å². The number of nitrogens with one attached hydrogen (secondary N) is 1. The quantitative estimate of drug-likeness (QED) is 0.845. The number of anilines is 1. The zero-order chi connectivity index (χ0) is 17.9. The number of alkyl halides is 1. The van der Waals surface area contributed by atoms with Gasteiger partial charge in [0.05, 0.1) is 30.1 Å². The van der Waals surface area contributed by atoms with Gasteiger partial charge in [-0.2, -0.15) is 10.5 Å². The second-order valence-corrected chi connectivity index (χ2v) is 5.76. The van der Waals surface area contributed by atoms with Crippen LogP contribution in [0.3, 0.4) is 0 Å². The zero-order valence-electron chi connectivity index (χ0n) is 13.2. The van der Waals surface area contributed by atoms with Crippen LogP contribution >= 0.6 is 0 Å². The number of piperidine rings is 1. The number of carbonyl (C=O) groups is 1. The third kappa shape index (κ3) is 3.40. The minimum atomic E-state index is -2.14. The fourth-order valence-electron chi connectivity index (χ4n) is 2.68. The van der Waals surface area contributed by atoms with Crippen LogP contribution in [0, 0.1) is 22.8 Å². The standard InChI is InChI=1S/C16H14FN7O/c17-16(5-2-6-23(10-16)11-19)15(25)20-14-9-24(22-21-14)13-4-1-3-12(7-13)8-18/h1,3-4,7,9H,2,5-6,10H2,(H,20,25). The molecule has 25 heavy (non-hydrogen) atoms. The smallest absolute Gasteiger partial charge is 0.265 e. The van der Waals surface area contributed by atoms with Crippen molar-refractivity contribution < 1.29 is 9.18 Å². The minimum Gasteiger partial charge on any atom is -0.307 e. The van der Waals surface area contributed by atoms with Crippen LogP contribution in [0.25, 0.3) is 5.69 Å². The molecule has 2 aromatic rings. The summed E-state index contributed by atoms with van der Waals surface area (Å²) in [7, 11) is 0. The van der Waals surface area contributed by atoms with Crippen LogP contribution in [0.1, 0.15) is 18.4 Å². The predicted octanol–water partition coefficient (Wildman–Crippen LogP) is 1.36. The second kappa shape index (κ2) is 6.57. The van der Waals surface area contributed by atoms with Gasteiger partial charge >= 0.3 is 0 Å². The molecule has 1 aromatic heterocycles. The van der Waals surface area contributed by atoms with Crippen molar-refractivity contribution in [2.24, 2.45) is 0 Å². The number of hydrogen-bond acceptors (Lipinski definition) is 6. The maximum Gasteiger partial charge on any atom is 0.265 e. The Morgan fingerprint density at radius 1 is 1.40 bits per heavy atom. The van der Waals surface area contributed by atoms with E-state index in [1.165, 1.54) is 15.8 Å². The van der Waals surface area contributed by atoms with Gasteiger partial charge in [0.25, 0.3) is 5.91 Å². The molecule has 1 aliphatic heterocycles. The van der Waals surface area contributed by atoms with Crippen LogP contribution in [0.15, 0.2) is 30.5 Å². The first-order valence-corrected chi connectivity index (χ1v) is 7.62. The van der Waals surface area contributed by atoms with Crippen molar-refractivity contribution in [3.8, 4) is 17.9 Å². The van der Waals surface area contributed by atoms with E-state index in [2.05, 4.69) is 15.6 Å². The molecule has 0 bridgehead atoms. The van der Waals surface area contributed by atoms with Gasteiger partial charge in [-0.3, -0.25) is 4.79 Å². The van der Waals surface area contributed by atoms with Crippen molar-refractivity contribution in [2.45, 2.75) is 18.5 Å². The summed E-state index contributed by atoms with van der Waals surface area (Å²) in [5.74, 6) is -0.747. The molecule has 1 N–H and O–H groups in total. The van der Waals surface area contributed by atoms with Gasteiger partial charge in [-0.05, 0) is 31.0 Å². The van der Waals surface area contributed by atoms with E-state index in [1.54, 1.807) is 24.3 Å². The highest BCUT2D eigenvalue weighted by molar-refractivity contribution is 5.96. The van der Waals surface area contributed by atoms with Crippen molar-refractivity contribution in [1.82, 2.24) is 19.9 Å². The van der Waals surface area contributed by atoms with Crippen molar-refractivity contribution in [2.75, 3.05) is 18.4 Å². The third-order valence-corrected chi connectivity index (χ3v) is 3.97. The topological polar surface area (TPSA) is 111 Å². The predicted molar refractivity (Wildman–Crippen MR) is 85.0 cm³/mol. The first-order chi connectivity index (χ1) is 12.0. The number of halogens is 1. The second-order valence-electron chi connectivity index (χ2n) is 5.76. The average Bonchev–Trinajstić information content (AvgIpc) is 3.10. The summed E-state index contributed by atoms with van der Waals surface area (Å²) in [4.78, 5) is 13.5. The Morgan fingerprint density at radius 3 is 3.00 bits per heavy atom. The molecular formula is C16H14FN7O. The van der Waals surface area contributed by atoms with Crippen LogP contribution in [0.4, 0.5) is 10.2 Å². The highest BCUT2D eigenvalue weighted by atomic mass is 19.1. The third-order valence-electron chi connectivity index (χ3n) is 3.97. The maximum absolute atomic E-state index is 14.8. The van der Waals surface area contributed by atoms with Crippen LogP contribution < -0.4 is 5.32 Å². The maximum atomic E-state index is 14.8. The van der Waals surface area contributed by atoms with E-state index >= 15 is 0 Å². The number of amides is 1. The summed E-state index contributed by atoms with van der Waals surface area (Å²) in [5, 5.41) is 27.9. The average molecular weight is 339 g/mol. The molecular weight excluding hydrogens is 325 g/mol. The first kappa shape index (κ1) is 16.4. The Hall–Kier alpha value is -3.46. The van der Waals surface area contributed by atoms with Gasteiger partial charge < -0.3 is 10.2 Å². The van der Waals surface area contributed by atoms with Gasteiger partial charge in [0.2, 0.25) is 5.67 Å². The number of nitriles is 2. The monoisotopic (exact) mass is 339 g/mol. The summed E-state index contributed by atoms with van der Waals surface area (Å²) in [6.07, 6.45) is 3.78. The van der Waals surface area contributed by atoms with Gasteiger partial charge in [0, 0.05) is 6.54 Å². The van der Waals surface area contributed by atoms with Crippen LogP contribution in [-0.2, 0) is 4.79 Å². The Labute approximate surface area is 143 Å². The normalized spacial score (nSPS) is 19.7. The van der Waals surface area contributed by atoms with Crippen LogP contribution in [0.2, 0.25) is 0 Å². The fraction of sp³-hybridized carbons (Fsp3) is 0.312. The molecule has 126 valence electrons. The number of benzene rings is 1. The lowest BCUT2D eigenvalue weighted by atomic mass is 9.94. The molecule has 1 aliphatic rings. The molecule has 1 unspecified atom stereocenters. The van der Waals surface area contributed by atoms with Crippen molar-refractivity contribution in [3.63, 3.8) is 0 Å². The summed E-state index contributed by atoms with van der Waals surface area (Å²) < 4.78 is 16.2. The summed E-state index contributed by atoms with van der Waals surface area (Å²) >= 11 is 0. The number of nitrogens with zero attached hydrogens (tertiary/aromatic N) is 6. The zero-order valence-corrected chi connectivity index (χ0v) is 13.2. The summed E-state index contributed by atoms with van der Waals surface area (Å²) in [6.45, 7) is 0.175. The number of carbonyl (C=O) groups excluding carboxylic acids is 1. The SMILES string of the molecule is N#Cc1cccc(-n2cc(NC(=O)C3(F)CCCN(C#N)C3)nn2)c1. The van der Waals surface area contributed by atoms with E-state index in [1.807, 2.05) is 12.3 Å². The number of rotatable bonds is 3. The van der Waals surface area contributed by atoms with E-state index < -0.39 is 11.6 Å². The Bertz CT molecular complexity index is 881.